The van der Waals surface area contributed by atoms with E-state index >= 15 is 0 Å². The minimum absolute atomic E-state index is 0.691. The van der Waals surface area contributed by atoms with Crippen LogP contribution in [0.15, 0.2) is 40.5 Å². The first-order valence-corrected chi connectivity index (χ1v) is 7.84. The van der Waals surface area contributed by atoms with Crippen LogP contribution in [0.2, 0.25) is 5.02 Å². The molecule has 21 heavy (non-hydrogen) atoms. The molecule has 0 unspecified atom stereocenters. The van der Waals surface area contributed by atoms with Crippen LogP contribution < -0.4 is 5.32 Å². The molecular formula is C15H18ClN3OS. The van der Waals surface area contributed by atoms with Crippen LogP contribution in [0, 0.1) is 6.92 Å². The fourth-order valence-corrected chi connectivity index (χ4v) is 2.85. The number of halogens is 1. The fraction of sp³-hybridized carbons (Fsp3) is 0.333. The third kappa shape index (κ3) is 5.28. The summed E-state index contributed by atoms with van der Waals surface area (Å²) in [5.41, 5.74) is 2.03. The van der Waals surface area contributed by atoms with E-state index in [1.165, 1.54) is 11.8 Å². The largest absolute Gasteiger partial charge is 0.383 e. The van der Waals surface area contributed by atoms with Gasteiger partial charge in [-0.15, -0.1) is 0 Å². The van der Waals surface area contributed by atoms with Crippen molar-refractivity contribution in [1.29, 1.82) is 0 Å². The molecule has 1 aromatic carbocycles. The number of methoxy groups -OCH3 is 1. The Kier molecular flexibility index (Phi) is 6.45. The molecule has 112 valence electrons. The number of hydrogen-bond acceptors (Lipinski definition) is 5. The Morgan fingerprint density at radius 2 is 2.19 bits per heavy atom. The maximum Gasteiger partial charge on any atom is 0.192 e. The van der Waals surface area contributed by atoms with Gasteiger partial charge in [-0.2, -0.15) is 0 Å². The standard InChI is InChI=1S/C15H18ClN3OS/c1-11-5-6-18-15(19-11)21-13-4-3-12(14(16)9-13)10-17-7-8-20-2/h3-6,9,17H,7-8,10H2,1-2H3. The quantitative estimate of drug-likeness (QED) is 0.625. The van der Waals surface area contributed by atoms with Gasteiger partial charge >= 0.3 is 0 Å². The lowest BCUT2D eigenvalue weighted by molar-refractivity contribution is 0.199. The Morgan fingerprint density at radius 3 is 2.90 bits per heavy atom. The van der Waals surface area contributed by atoms with E-state index in [-0.39, 0.29) is 0 Å². The minimum Gasteiger partial charge on any atom is -0.383 e. The molecule has 1 N–H and O–H groups in total. The number of aromatic nitrogens is 2. The Hall–Kier alpha value is -1.14. The highest BCUT2D eigenvalue weighted by Gasteiger charge is 2.05. The number of benzene rings is 1. The first-order valence-electron chi connectivity index (χ1n) is 6.64. The zero-order valence-corrected chi connectivity index (χ0v) is 13.7. The van der Waals surface area contributed by atoms with Crippen LogP contribution in [0.1, 0.15) is 11.3 Å². The highest BCUT2D eigenvalue weighted by Crippen LogP contribution is 2.28. The summed E-state index contributed by atoms with van der Waals surface area (Å²) in [6.07, 6.45) is 1.76. The van der Waals surface area contributed by atoms with Crippen molar-refractivity contribution >= 4 is 23.4 Å². The molecule has 1 heterocycles. The molecule has 6 heteroatoms. The summed E-state index contributed by atoms with van der Waals surface area (Å²) in [5, 5.41) is 4.76. The highest BCUT2D eigenvalue weighted by molar-refractivity contribution is 7.99. The summed E-state index contributed by atoms with van der Waals surface area (Å²) < 4.78 is 4.99. The van der Waals surface area contributed by atoms with Crippen molar-refractivity contribution in [3.63, 3.8) is 0 Å². The van der Waals surface area contributed by atoms with Gasteiger partial charge in [0.25, 0.3) is 0 Å². The molecular weight excluding hydrogens is 306 g/mol. The normalized spacial score (nSPS) is 10.8. The lowest BCUT2D eigenvalue weighted by atomic mass is 10.2. The molecule has 0 saturated heterocycles. The predicted octanol–water partition coefficient (Wildman–Crippen LogP) is 3.33. The van der Waals surface area contributed by atoms with E-state index in [2.05, 4.69) is 15.3 Å². The average molecular weight is 324 g/mol. The van der Waals surface area contributed by atoms with Crippen LogP contribution in [0.4, 0.5) is 0 Å². The Morgan fingerprint density at radius 1 is 1.33 bits per heavy atom. The van der Waals surface area contributed by atoms with E-state index < -0.39 is 0 Å². The zero-order valence-electron chi connectivity index (χ0n) is 12.1. The van der Waals surface area contributed by atoms with Gasteiger partial charge in [-0.25, -0.2) is 9.97 Å². The lowest BCUT2D eigenvalue weighted by Crippen LogP contribution is -2.18. The summed E-state index contributed by atoms with van der Waals surface area (Å²) in [7, 11) is 1.69. The molecule has 2 rings (SSSR count). The lowest BCUT2D eigenvalue weighted by Gasteiger charge is -2.08. The maximum atomic E-state index is 6.31. The first kappa shape index (κ1) is 16.2. The topological polar surface area (TPSA) is 47.0 Å². The molecule has 0 bridgehead atoms. The van der Waals surface area contributed by atoms with E-state index in [0.717, 1.165) is 39.4 Å². The van der Waals surface area contributed by atoms with Gasteiger partial charge in [0.05, 0.1) is 6.61 Å². The van der Waals surface area contributed by atoms with Crippen LogP contribution in [-0.4, -0.2) is 30.2 Å². The molecule has 0 fully saturated rings. The van der Waals surface area contributed by atoms with E-state index in [4.69, 9.17) is 16.3 Å². The van der Waals surface area contributed by atoms with Crippen LogP contribution in [0.3, 0.4) is 0 Å². The van der Waals surface area contributed by atoms with Gasteiger partial charge < -0.3 is 10.1 Å². The third-order valence-corrected chi connectivity index (χ3v) is 4.03. The first-order chi connectivity index (χ1) is 10.2. The van der Waals surface area contributed by atoms with Crippen molar-refractivity contribution in [2.45, 2.75) is 23.5 Å². The van der Waals surface area contributed by atoms with Crippen LogP contribution >= 0.6 is 23.4 Å². The molecule has 1 aromatic heterocycles. The Balaban J connectivity index is 1.98. The van der Waals surface area contributed by atoms with Gasteiger partial charge in [-0.3, -0.25) is 0 Å². The zero-order chi connectivity index (χ0) is 15.1. The summed E-state index contributed by atoms with van der Waals surface area (Å²) in [5.74, 6) is 0. The molecule has 0 aliphatic heterocycles. The monoisotopic (exact) mass is 323 g/mol. The second-order valence-electron chi connectivity index (χ2n) is 4.51. The predicted molar refractivity (Wildman–Crippen MR) is 85.9 cm³/mol. The van der Waals surface area contributed by atoms with Gasteiger partial charge in [0.2, 0.25) is 0 Å². The van der Waals surface area contributed by atoms with Crippen molar-refractivity contribution in [3.8, 4) is 0 Å². The number of rotatable bonds is 7. The van der Waals surface area contributed by atoms with Gasteiger partial charge in [-0.1, -0.05) is 17.7 Å². The third-order valence-electron chi connectivity index (χ3n) is 2.80. The highest BCUT2D eigenvalue weighted by atomic mass is 35.5. The fourth-order valence-electron chi connectivity index (χ4n) is 1.71. The van der Waals surface area contributed by atoms with Gasteiger partial charge in [0.1, 0.15) is 0 Å². The van der Waals surface area contributed by atoms with E-state index in [1.54, 1.807) is 13.3 Å². The smallest absolute Gasteiger partial charge is 0.192 e. The van der Waals surface area contributed by atoms with Crippen molar-refractivity contribution in [2.24, 2.45) is 0 Å². The number of nitrogens with zero attached hydrogens (tertiary/aromatic N) is 2. The van der Waals surface area contributed by atoms with E-state index in [1.807, 2.05) is 31.2 Å². The number of nitrogens with one attached hydrogen (secondary N) is 1. The summed E-state index contributed by atoms with van der Waals surface area (Å²) >= 11 is 7.82. The van der Waals surface area contributed by atoms with Crippen LogP contribution in [0.5, 0.6) is 0 Å². The van der Waals surface area contributed by atoms with Gasteiger partial charge in [-0.05, 0) is 42.4 Å². The molecule has 4 nitrogen and oxygen atoms in total. The molecule has 0 atom stereocenters. The molecule has 0 radical (unpaired) electrons. The van der Waals surface area contributed by atoms with Gasteiger partial charge in [0.15, 0.2) is 5.16 Å². The Labute approximate surface area is 134 Å². The van der Waals surface area contributed by atoms with Crippen molar-refractivity contribution in [2.75, 3.05) is 20.3 Å². The summed E-state index contributed by atoms with van der Waals surface area (Å²) in [4.78, 5) is 9.65. The second kappa shape index (κ2) is 8.34. The summed E-state index contributed by atoms with van der Waals surface area (Å²) in [6, 6.07) is 7.90. The molecule has 0 amide bonds. The second-order valence-corrected chi connectivity index (χ2v) is 5.95. The maximum absolute atomic E-state index is 6.31. The summed E-state index contributed by atoms with van der Waals surface area (Å²) in [6.45, 7) is 4.18. The molecule has 0 aliphatic rings. The number of hydrogen-bond donors (Lipinski definition) is 1. The molecule has 0 spiro atoms. The molecule has 2 aromatic rings. The van der Waals surface area contributed by atoms with Crippen molar-refractivity contribution < 1.29 is 4.74 Å². The van der Waals surface area contributed by atoms with E-state index in [9.17, 15) is 0 Å². The molecule has 0 saturated carbocycles. The molecule has 0 aliphatic carbocycles. The van der Waals surface area contributed by atoms with E-state index in [0.29, 0.717) is 6.61 Å². The van der Waals surface area contributed by atoms with Crippen molar-refractivity contribution in [3.05, 3.63) is 46.7 Å². The average Bonchev–Trinajstić information content (AvgIpc) is 2.45. The number of ether oxygens (including phenoxy) is 1. The van der Waals surface area contributed by atoms with Crippen LogP contribution in [-0.2, 0) is 11.3 Å². The van der Waals surface area contributed by atoms with Crippen molar-refractivity contribution in [1.82, 2.24) is 15.3 Å². The Bertz CT molecular complexity index is 595. The SMILES string of the molecule is COCCNCc1ccc(Sc2nccc(C)n2)cc1Cl. The number of aryl methyl sites for hydroxylation is 1. The van der Waals surface area contributed by atoms with Gasteiger partial charge in [0, 0.05) is 42.0 Å². The minimum atomic E-state index is 0.691. The van der Waals surface area contributed by atoms with Crippen LogP contribution in [0.25, 0.3) is 0 Å².